The van der Waals surface area contributed by atoms with Crippen molar-refractivity contribution in [1.82, 2.24) is 10.3 Å². The van der Waals surface area contributed by atoms with Gasteiger partial charge in [-0.2, -0.15) is 5.10 Å². The standard InChI is InChI=1S/C11H18N4O2/c1-7-6-15(5-4-8(7)12)11(17)9-2-3-10(16)14-13-9/h7-8H,2-6,12H2,1H3,(H,14,16). The first-order valence-electron chi connectivity index (χ1n) is 5.98. The normalized spacial score (nSPS) is 29.6. The quantitative estimate of drug-likeness (QED) is 0.642. The Labute approximate surface area is 100 Å². The van der Waals surface area contributed by atoms with Crippen LogP contribution in [0.1, 0.15) is 26.2 Å². The summed E-state index contributed by atoms with van der Waals surface area (Å²) in [5, 5.41) is 3.82. The summed E-state index contributed by atoms with van der Waals surface area (Å²) in [4.78, 5) is 24.8. The van der Waals surface area contributed by atoms with Crippen molar-refractivity contribution in [2.75, 3.05) is 13.1 Å². The number of hydrogen-bond acceptors (Lipinski definition) is 4. The fourth-order valence-electron chi connectivity index (χ4n) is 2.16. The fourth-order valence-corrected chi connectivity index (χ4v) is 2.16. The maximum Gasteiger partial charge on any atom is 0.270 e. The molecule has 0 saturated carbocycles. The van der Waals surface area contributed by atoms with Crippen LogP contribution in [0.5, 0.6) is 0 Å². The highest BCUT2D eigenvalue weighted by Crippen LogP contribution is 2.16. The smallest absolute Gasteiger partial charge is 0.270 e. The molecule has 0 radical (unpaired) electrons. The number of likely N-dealkylation sites (tertiary alicyclic amines) is 1. The van der Waals surface area contributed by atoms with E-state index < -0.39 is 0 Å². The molecular formula is C11H18N4O2. The van der Waals surface area contributed by atoms with E-state index in [4.69, 9.17) is 5.73 Å². The molecule has 17 heavy (non-hydrogen) atoms. The molecule has 94 valence electrons. The lowest BCUT2D eigenvalue weighted by Crippen LogP contribution is -2.50. The molecule has 0 aromatic rings. The van der Waals surface area contributed by atoms with E-state index in [1.165, 1.54) is 0 Å². The number of nitrogens with zero attached hydrogens (tertiary/aromatic N) is 2. The Kier molecular flexibility index (Phi) is 3.42. The van der Waals surface area contributed by atoms with Crippen molar-refractivity contribution in [1.29, 1.82) is 0 Å². The summed E-state index contributed by atoms with van der Waals surface area (Å²) in [6.45, 7) is 3.40. The van der Waals surface area contributed by atoms with Gasteiger partial charge in [0.05, 0.1) is 0 Å². The van der Waals surface area contributed by atoms with Crippen molar-refractivity contribution in [3.63, 3.8) is 0 Å². The molecule has 2 atom stereocenters. The predicted molar refractivity (Wildman–Crippen MR) is 63.1 cm³/mol. The molecule has 0 aliphatic carbocycles. The highest BCUT2D eigenvalue weighted by atomic mass is 16.2. The van der Waals surface area contributed by atoms with Crippen LogP contribution in [0.15, 0.2) is 5.10 Å². The van der Waals surface area contributed by atoms with Gasteiger partial charge in [-0.05, 0) is 12.3 Å². The molecule has 2 amide bonds. The number of carbonyl (C=O) groups is 2. The van der Waals surface area contributed by atoms with Gasteiger partial charge in [0.25, 0.3) is 5.91 Å². The summed E-state index contributed by atoms with van der Waals surface area (Å²) in [6.07, 6.45) is 1.60. The Balaban J connectivity index is 1.98. The van der Waals surface area contributed by atoms with Crippen molar-refractivity contribution in [3.05, 3.63) is 0 Å². The third-order valence-electron chi connectivity index (χ3n) is 3.41. The number of piperidine rings is 1. The Morgan fingerprint density at radius 3 is 2.88 bits per heavy atom. The van der Waals surface area contributed by atoms with Crippen LogP contribution in [-0.4, -0.2) is 41.6 Å². The molecule has 1 fully saturated rings. The molecule has 3 N–H and O–H groups in total. The van der Waals surface area contributed by atoms with E-state index in [1.54, 1.807) is 4.90 Å². The number of nitrogens with one attached hydrogen (secondary N) is 1. The van der Waals surface area contributed by atoms with Crippen molar-refractivity contribution >= 4 is 17.5 Å². The van der Waals surface area contributed by atoms with Crippen LogP contribution in [0.3, 0.4) is 0 Å². The average Bonchev–Trinajstić information content (AvgIpc) is 2.33. The van der Waals surface area contributed by atoms with Gasteiger partial charge in [0.1, 0.15) is 5.71 Å². The lowest BCUT2D eigenvalue weighted by Gasteiger charge is -2.35. The van der Waals surface area contributed by atoms with Gasteiger partial charge in [-0.1, -0.05) is 6.92 Å². The summed E-state index contributed by atoms with van der Waals surface area (Å²) in [5.74, 6) is 0.116. The second kappa shape index (κ2) is 4.83. The molecule has 0 spiro atoms. The molecule has 2 aliphatic heterocycles. The summed E-state index contributed by atoms with van der Waals surface area (Å²) in [7, 11) is 0. The van der Waals surface area contributed by atoms with Gasteiger partial charge in [-0.3, -0.25) is 9.59 Å². The molecule has 2 heterocycles. The average molecular weight is 238 g/mol. The lowest BCUT2D eigenvalue weighted by molar-refractivity contribution is -0.126. The summed E-state index contributed by atoms with van der Waals surface area (Å²) < 4.78 is 0. The molecular weight excluding hydrogens is 220 g/mol. The maximum atomic E-state index is 12.1. The Morgan fingerprint density at radius 2 is 2.29 bits per heavy atom. The van der Waals surface area contributed by atoms with E-state index in [0.29, 0.717) is 37.6 Å². The van der Waals surface area contributed by atoms with Gasteiger partial charge in [0, 0.05) is 32.0 Å². The predicted octanol–water partition coefficient (Wildman–Crippen LogP) is -0.552. The Hall–Kier alpha value is -1.43. The van der Waals surface area contributed by atoms with Gasteiger partial charge < -0.3 is 10.6 Å². The van der Waals surface area contributed by atoms with Crippen molar-refractivity contribution in [2.45, 2.75) is 32.2 Å². The minimum absolute atomic E-state index is 0.0660. The van der Waals surface area contributed by atoms with Crippen LogP contribution in [-0.2, 0) is 9.59 Å². The summed E-state index contributed by atoms with van der Waals surface area (Å²) in [5.41, 5.74) is 8.71. The number of hydrogen-bond donors (Lipinski definition) is 2. The van der Waals surface area contributed by atoms with E-state index in [2.05, 4.69) is 17.5 Å². The van der Waals surface area contributed by atoms with Gasteiger partial charge in [-0.15, -0.1) is 0 Å². The molecule has 0 aromatic carbocycles. The third kappa shape index (κ3) is 2.63. The summed E-state index contributed by atoms with van der Waals surface area (Å²) in [6, 6.07) is 0.173. The van der Waals surface area contributed by atoms with E-state index in [1.807, 2.05) is 0 Å². The van der Waals surface area contributed by atoms with Gasteiger partial charge in [0.2, 0.25) is 5.91 Å². The SMILES string of the molecule is CC1CN(C(=O)C2=NNC(=O)CC2)CCC1N. The van der Waals surface area contributed by atoms with Gasteiger partial charge >= 0.3 is 0 Å². The first-order chi connectivity index (χ1) is 8.08. The highest BCUT2D eigenvalue weighted by Gasteiger charge is 2.29. The zero-order chi connectivity index (χ0) is 12.4. The number of amides is 2. The highest BCUT2D eigenvalue weighted by molar-refractivity contribution is 6.39. The third-order valence-corrected chi connectivity index (χ3v) is 3.41. The van der Waals surface area contributed by atoms with Crippen LogP contribution in [0.25, 0.3) is 0 Å². The van der Waals surface area contributed by atoms with Crippen molar-refractivity contribution in [3.8, 4) is 0 Å². The van der Waals surface area contributed by atoms with Crippen molar-refractivity contribution in [2.24, 2.45) is 16.8 Å². The second-order valence-electron chi connectivity index (χ2n) is 4.77. The van der Waals surface area contributed by atoms with E-state index >= 15 is 0 Å². The number of nitrogens with two attached hydrogens (primary N) is 1. The largest absolute Gasteiger partial charge is 0.337 e. The van der Waals surface area contributed by atoms with Crippen LogP contribution in [0, 0.1) is 5.92 Å². The molecule has 2 unspecified atom stereocenters. The number of hydrazone groups is 1. The molecule has 2 rings (SSSR count). The summed E-state index contributed by atoms with van der Waals surface area (Å²) >= 11 is 0. The van der Waals surface area contributed by atoms with Crippen LogP contribution in [0.4, 0.5) is 0 Å². The van der Waals surface area contributed by atoms with Crippen LogP contribution >= 0.6 is 0 Å². The maximum absolute atomic E-state index is 12.1. The fraction of sp³-hybridized carbons (Fsp3) is 0.727. The Morgan fingerprint density at radius 1 is 1.53 bits per heavy atom. The van der Waals surface area contributed by atoms with E-state index in [9.17, 15) is 9.59 Å². The minimum Gasteiger partial charge on any atom is -0.337 e. The Bertz CT molecular complexity index is 366. The second-order valence-corrected chi connectivity index (χ2v) is 4.77. The lowest BCUT2D eigenvalue weighted by atomic mass is 9.94. The topological polar surface area (TPSA) is 87.8 Å². The number of rotatable bonds is 1. The zero-order valence-corrected chi connectivity index (χ0v) is 9.98. The molecule has 6 heteroatoms. The van der Waals surface area contributed by atoms with E-state index in [0.717, 1.165) is 6.42 Å². The first-order valence-corrected chi connectivity index (χ1v) is 5.98. The van der Waals surface area contributed by atoms with Crippen LogP contribution in [0.2, 0.25) is 0 Å². The molecule has 6 nitrogen and oxygen atoms in total. The molecule has 0 aromatic heterocycles. The monoisotopic (exact) mass is 238 g/mol. The zero-order valence-electron chi connectivity index (χ0n) is 9.98. The van der Waals surface area contributed by atoms with E-state index in [-0.39, 0.29) is 17.9 Å². The van der Waals surface area contributed by atoms with Gasteiger partial charge in [-0.25, -0.2) is 5.43 Å². The van der Waals surface area contributed by atoms with Gasteiger partial charge in [0.15, 0.2) is 0 Å². The molecule has 0 bridgehead atoms. The van der Waals surface area contributed by atoms with Crippen molar-refractivity contribution < 1.29 is 9.59 Å². The molecule has 2 aliphatic rings. The molecule has 1 saturated heterocycles. The first kappa shape index (κ1) is 12.0. The minimum atomic E-state index is -0.129. The van der Waals surface area contributed by atoms with Crippen LogP contribution < -0.4 is 11.2 Å². The number of carbonyl (C=O) groups excluding carboxylic acids is 2.